The first-order valence-corrected chi connectivity index (χ1v) is 34.8. The average Bonchev–Trinajstić information content (AvgIpc) is 2.10. The van der Waals surface area contributed by atoms with Crippen molar-refractivity contribution in [1.29, 1.82) is 0 Å². The SMILES string of the molecule is C[C@@]1(CCN2CCC(c3ccc(NC4CCC(=O)NC4=O)cc3F)CC2)CCC(c2ccc(Cl)cc2)=C(CN2CCN(c3ccc(C(=O)NS(=O)(=O)c4ccc(N[C@H](CCN5CCCOCC5)CSc5ccccc5)c(S(=O)(=O)C(F)(F)F)c4)cc3)CC2)C1. The van der Waals surface area contributed by atoms with E-state index in [4.69, 9.17) is 16.3 Å². The normalized spacial score (nSPS) is 21.1. The van der Waals surface area contributed by atoms with Gasteiger partial charge in [-0.25, -0.2) is 25.9 Å². The van der Waals surface area contributed by atoms with Crippen LogP contribution in [0.2, 0.25) is 5.02 Å². The van der Waals surface area contributed by atoms with Gasteiger partial charge in [-0.05, 0) is 184 Å². The number of sulfonamides is 1. The molecule has 0 bridgehead atoms. The van der Waals surface area contributed by atoms with E-state index in [9.17, 15) is 44.4 Å². The number of halogens is 5. The summed E-state index contributed by atoms with van der Waals surface area (Å²) in [7, 11) is -11.0. The molecule has 1 aliphatic carbocycles. The van der Waals surface area contributed by atoms with Crippen molar-refractivity contribution in [2.75, 3.05) is 106 Å². The molecule has 4 N–H and O–H groups in total. The van der Waals surface area contributed by atoms with Crippen LogP contribution < -0.4 is 25.6 Å². The highest BCUT2D eigenvalue weighted by Crippen LogP contribution is 2.46. The minimum Gasteiger partial charge on any atom is -0.380 e. The number of carbonyl (C=O) groups is 3. The number of allylic oxidation sites excluding steroid dienone is 1. The number of ether oxygens (including phenoxy) is 1. The van der Waals surface area contributed by atoms with Gasteiger partial charge in [0.25, 0.3) is 25.8 Å². The molecule has 89 heavy (non-hydrogen) atoms. The van der Waals surface area contributed by atoms with Gasteiger partial charge < -0.3 is 30.1 Å². The molecule has 3 amide bonds. The number of alkyl halides is 3. The number of piperidine rings is 2. The number of nitrogens with zero attached hydrogens (tertiary/aromatic N) is 4. The molecule has 478 valence electrons. The van der Waals surface area contributed by atoms with Crippen molar-refractivity contribution in [2.24, 2.45) is 5.41 Å². The Hall–Kier alpha value is -6.05. The Morgan fingerprint density at radius 1 is 0.809 bits per heavy atom. The summed E-state index contributed by atoms with van der Waals surface area (Å²) < 4.78 is 120. The summed E-state index contributed by atoms with van der Waals surface area (Å²) in [4.78, 5) is 45.6. The molecule has 0 aromatic heterocycles. The smallest absolute Gasteiger partial charge is 0.380 e. The highest BCUT2D eigenvalue weighted by atomic mass is 35.5. The standard InChI is InChI=1S/C65H77ClF4N8O8S3/c1-64(27-32-76-29-23-46(24-30-76)56-18-14-50(40-57(56)67)71-59-20-21-61(79)73-63(59)81)26-22-55(45-8-12-49(66)13-9-45)48(42-64)43-77-33-35-78(36-34-77)52-15-10-47(11-16-52)62(80)74-89(84,85)54-17-19-58(60(41-54)88(82,83)65(68,69)70)72-51(44-87-53-6-3-2-4-7-53)25-31-75-28-5-38-86-39-37-75/h2-4,6-19,40-41,46,51,59,71-72H,5,20-39,42-44H2,1H3,(H,74,80)(H,73,79,81)/t51-,59?,64+/m1/s1. The van der Waals surface area contributed by atoms with Crippen molar-refractivity contribution in [3.63, 3.8) is 0 Å². The third kappa shape index (κ3) is 17.1. The Balaban J connectivity index is 0.741. The predicted octanol–water partition coefficient (Wildman–Crippen LogP) is 10.8. The van der Waals surface area contributed by atoms with E-state index in [-0.39, 0.29) is 35.0 Å². The van der Waals surface area contributed by atoms with Crippen molar-refractivity contribution in [1.82, 2.24) is 24.7 Å². The zero-order valence-electron chi connectivity index (χ0n) is 49.8. The lowest BCUT2D eigenvalue weighted by Crippen LogP contribution is -2.47. The number of thioether (sulfide) groups is 1. The minimum absolute atomic E-state index is 0.0285. The molecule has 0 saturated carbocycles. The number of rotatable bonds is 22. The average molecular weight is 1310 g/mol. The second-order valence-electron chi connectivity index (χ2n) is 24.2. The van der Waals surface area contributed by atoms with Crippen molar-refractivity contribution in [3.8, 4) is 0 Å². The number of amides is 3. The first-order chi connectivity index (χ1) is 42.6. The molecular weight excluding hydrogens is 1230 g/mol. The zero-order chi connectivity index (χ0) is 62.9. The fourth-order valence-electron chi connectivity index (χ4n) is 12.7. The van der Waals surface area contributed by atoms with Crippen molar-refractivity contribution >= 4 is 83.6 Å². The van der Waals surface area contributed by atoms with Gasteiger partial charge in [-0.15, -0.1) is 11.8 Å². The number of carbonyl (C=O) groups excluding carboxylic acids is 3. The molecule has 4 heterocycles. The molecule has 0 radical (unpaired) electrons. The van der Waals surface area contributed by atoms with Crippen LogP contribution in [0.5, 0.6) is 0 Å². The van der Waals surface area contributed by atoms with Crippen molar-refractivity contribution < 1.29 is 53.5 Å². The molecule has 5 aromatic rings. The molecule has 24 heteroatoms. The van der Waals surface area contributed by atoms with Gasteiger partial charge in [0, 0.05) is 104 Å². The summed E-state index contributed by atoms with van der Waals surface area (Å²) in [6.07, 6.45) is 7.44. The Morgan fingerprint density at radius 2 is 1.54 bits per heavy atom. The molecule has 4 fully saturated rings. The lowest BCUT2D eigenvalue weighted by Gasteiger charge is -2.42. The maximum absolute atomic E-state index is 15.6. The molecule has 0 spiro atoms. The Bertz CT molecular complexity index is 3570. The Labute approximate surface area is 528 Å². The van der Waals surface area contributed by atoms with Gasteiger partial charge in [-0.2, -0.15) is 13.2 Å². The van der Waals surface area contributed by atoms with Crippen LogP contribution >= 0.6 is 23.4 Å². The van der Waals surface area contributed by atoms with Crippen LogP contribution in [-0.2, 0) is 34.2 Å². The van der Waals surface area contributed by atoms with Gasteiger partial charge in [0.2, 0.25) is 11.8 Å². The fourth-order valence-corrected chi connectivity index (χ4v) is 15.8. The Kier molecular flexibility index (Phi) is 21.5. The number of sulfone groups is 1. The van der Waals surface area contributed by atoms with Gasteiger partial charge in [-0.3, -0.25) is 24.6 Å². The van der Waals surface area contributed by atoms with Gasteiger partial charge in [0.05, 0.1) is 17.2 Å². The Morgan fingerprint density at radius 3 is 2.25 bits per heavy atom. The number of nitrogens with one attached hydrogen (secondary N) is 4. The van der Waals surface area contributed by atoms with E-state index in [1.54, 1.807) is 12.1 Å². The molecular formula is C65H77ClF4N8O8S3. The molecule has 3 atom stereocenters. The van der Waals surface area contributed by atoms with E-state index in [0.717, 1.165) is 113 Å². The predicted molar refractivity (Wildman–Crippen MR) is 340 cm³/mol. The molecule has 16 nitrogen and oxygen atoms in total. The van der Waals surface area contributed by atoms with E-state index in [2.05, 4.69) is 54.6 Å². The van der Waals surface area contributed by atoms with E-state index in [0.29, 0.717) is 80.3 Å². The van der Waals surface area contributed by atoms with Crippen LogP contribution in [0.25, 0.3) is 5.57 Å². The zero-order valence-corrected chi connectivity index (χ0v) is 53.0. The minimum atomic E-state index is -6.10. The molecule has 5 aromatic carbocycles. The number of hydrogen-bond acceptors (Lipinski definition) is 15. The molecule has 4 saturated heterocycles. The maximum Gasteiger partial charge on any atom is 0.501 e. The topological polar surface area (TPSA) is 190 Å². The van der Waals surface area contributed by atoms with Crippen molar-refractivity contribution in [3.05, 3.63) is 148 Å². The van der Waals surface area contributed by atoms with Crippen LogP contribution in [-0.4, -0.2) is 158 Å². The molecule has 10 rings (SSSR count). The number of hydrogen-bond donors (Lipinski definition) is 4. The number of imide groups is 1. The molecule has 5 aliphatic rings. The van der Waals surface area contributed by atoms with Crippen molar-refractivity contribution in [2.45, 2.75) is 109 Å². The van der Waals surface area contributed by atoms with E-state index < -0.39 is 64.7 Å². The lowest BCUT2D eigenvalue weighted by molar-refractivity contribution is -0.133. The largest absolute Gasteiger partial charge is 0.501 e. The van der Waals surface area contributed by atoms with E-state index in [1.165, 1.54) is 46.7 Å². The first kappa shape index (κ1) is 65.9. The lowest BCUT2D eigenvalue weighted by atomic mass is 9.69. The van der Waals surface area contributed by atoms with Crippen LogP contribution in [0.3, 0.4) is 0 Å². The second kappa shape index (κ2) is 29.1. The number of anilines is 3. The number of benzene rings is 5. The summed E-state index contributed by atoms with van der Waals surface area (Å²) in [5.41, 5.74) is -0.211. The number of piperazine rings is 1. The van der Waals surface area contributed by atoms with Gasteiger partial charge in [0.1, 0.15) is 16.8 Å². The van der Waals surface area contributed by atoms with Gasteiger partial charge in [0.15, 0.2) is 0 Å². The molecule has 4 aliphatic heterocycles. The van der Waals surface area contributed by atoms with E-state index >= 15 is 4.39 Å². The second-order valence-corrected chi connectivity index (χ2v) is 29.4. The monoisotopic (exact) mass is 1300 g/mol. The summed E-state index contributed by atoms with van der Waals surface area (Å²) in [5, 5.41) is 9.11. The summed E-state index contributed by atoms with van der Waals surface area (Å²) in [6, 6.07) is 30.2. The third-order valence-electron chi connectivity index (χ3n) is 17.9. The fraction of sp³-hybridized carbons (Fsp3) is 0.462. The highest BCUT2D eigenvalue weighted by molar-refractivity contribution is 7.99. The first-order valence-electron chi connectivity index (χ1n) is 30.5. The summed E-state index contributed by atoms with van der Waals surface area (Å²) >= 11 is 7.80. The summed E-state index contributed by atoms with van der Waals surface area (Å²) in [5.74, 6) is -1.59. The van der Waals surface area contributed by atoms with Gasteiger partial charge in [-0.1, -0.05) is 60.5 Å². The van der Waals surface area contributed by atoms with Crippen LogP contribution in [0.15, 0.2) is 136 Å². The number of likely N-dealkylation sites (tertiary alicyclic amines) is 1. The summed E-state index contributed by atoms with van der Waals surface area (Å²) in [6.45, 7) is 11.9. The highest BCUT2D eigenvalue weighted by Gasteiger charge is 2.49. The quantitative estimate of drug-likeness (QED) is 0.0291. The van der Waals surface area contributed by atoms with Crippen LogP contribution in [0.1, 0.15) is 98.5 Å². The van der Waals surface area contributed by atoms with Gasteiger partial charge >= 0.3 is 5.51 Å². The maximum atomic E-state index is 15.6. The van der Waals surface area contributed by atoms with E-state index in [1.807, 2.05) is 59.3 Å². The third-order valence-corrected chi connectivity index (χ3v) is 22.2. The van der Waals surface area contributed by atoms with Crippen LogP contribution in [0, 0.1) is 11.2 Å². The molecule has 1 unspecified atom stereocenters. The van der Waals surface area contributed by atoms with Crippen LogP contribution in [0.4, 0.5) is 34.6 Å².